The second-order valence-corrected chi connectivity index (χ2v) is 19.9. The van der Waals surface area contributed by atoms with E-state index >= 15 is 0 Å². The molecule has 4 aliphatic heterocycles. The fourth-order valence-electron chi connectivity index (χ4n) is 9.46. The van der Waals surface area contributed by atoms with Gasteiger partial charge in [-0.1, -0.05) is 96.1 Å². The Morgan fingerprint density at radius 1 is 0.468 bits per heavy atom. The number of aromatic nitrogens is 3. The van der Waals surface area contributed by atoms with Crippen LogP contribution in [0.15, 0.2) is 245 Å². The fraction of sp³-hybridized carbons (Fsp3) is 0.153. The van der Waals surface area contributed by atoms with Crippen molar-refractivity contribution in [1.29, 1.82) is 0 Å². The number of carbonyl (C=O) groups is 1. The quantitative estimate of drug-likeness (QED) is 0.106. The van der Waals surface area contributed by atoms with E-state index in [1.807, 2.05) is 115 Å². The zero-order chi connectivity index (χ0) is 62.2. The predicted molar refractivity (Wildman–Crippen MR) is 341 cm³/mol. The first-order valence-electron chi connectivity index (χ1n) is 28.6. The Balaban J connectivity index is 0.000000241. The molecule has 0 unspecified atom stereocenters. The molecular weight excluding hydrogens is 2090 g/mol. The van der Waals surface area contributed by atoms with Gasteiger partial charge in [-0.15, -0.1) is 132 Å². The second kappa shape index (κ2) is 41.3. The number of hydrogen-bond acceptors (Lipinski definition) is 11. The number of aromatic carboxylic acids is 1. The summed E-state index contributed by atoms with van der Waals surface area (Å²) in [6.07, 6.45) is 4.74. The number of carboxylic acid groups (broad SMARTS) is 1. The number of halogens is 4. The topological polar surface area (TPSA) is 130 Å². The third-order valence-electron chi connectivity index (χ3n) is 13.7. The minimum Gasteiger partial charge on any atom is -0.477 e. The molecule has 8 aromatic carbocycles. The van der Waals surface area contributed by atoms with Crippen LogP contribution < -0.4 is 4.90 Å². The van der Waals surface area contributed by atoms with Crippen molar-refractivity contribution in [3.8, 4) is 17.1 Å². The molecule has 0 spiro atoms. The maximum atomic E-state index is 13.8. The van der Waals surface area contributed by atoms with Gasteiger partial charge in [-0.25, -0.2) is 9.78 Å². The number of benzene rings is 8. The van der Waals surface area contributed by atoms with E-state index in [4.69, 9.17) is 5.11 Å². The molecule has 0 saturated carbocycles. The summed E-state index contributed by atoms with van der Waals surface area (Å²) in [7, 11) is 3.88. The Kier molecular flexibility index (Phi) is 34.7. The van der Waals surface area contributed by atoms with E-state index in [0.717, 1.165) is 117 Å². The number of hydrogen-bond donors (Lipinski definition) is 1. The maximum absolute atomic E-state index is 13.8. The molecule has 0 atom stereocenters. The molecule has 2 aromatic heterocycles. The van der Waals surface area contributed by atoms with Gasteiger partial charge in [0, 0.05) is 230 Å². The van der Waals surface area contributed by atoms with Crippen molar-refractivity contribution < 1.29 is 128 Å². The summed E-state index contributed by atoms with van der Waals surface area (Å²) in [4.78, 5) is 44.1. The van der Waals surface area contributed by atoms with Gasteiger partial charge < -0.3 is 49.2 Å². The van der Waals surface area contributed by atoms with Crippen molar-refractivity contribution in [3.05, 3.63) is 312 Å². The Morgan fingerprint density at radius 2 is 0.926 bits per heavy atom. The average Bonchev–Trinajstić information content (AvgIpc) is 1.96. The predicted octanol–water partition coefficient (Wildman–Crippen LogP) is 12.5. The molecule has 0 bridgehead atoms. The Morgan fingerprint density at radius 3 is 1.41 bits per heavy atom. The van der Waals surface area contributed by atoms with Gasteiger partial charge in [0.25, 0.3) is 0 Å². The molecule has 0 amide bonds. The van der Waals surface area contributed by atoms with Gasteiger partial charge >= 0.3 is 5.97 Å². The first-order valence-corrected chi connectivity index (χ1v) is 28.6. The number of para-hydroxylation sites is 2. The van der Waals surface area contributed by atoms with Crippen LogP contribution >= 0.6 is 0 Å². The van der Waals surface area contributed by atoms with Gasteiger partial charge in [-0.3, -0.25) is 22.5 Å². The largest absolute Gasteiger partial charge is 0.477 e. The van der Waals surface area contributed by atoms with Gasteiger partial charge in [0.1, 0.15) is 5.69 Å². The molecule has 1 N–H and O–H groups in total. The van der Waals surface area contributed by atoms with Crippen LogP contribution in [0.5, 0.6) is 0 Å². The molecule has 0 saturated heterocycles. The standard InChI is InChI=1S/C16H15N2.C15H9F2N2.C15H13N2.C10H9F2N2.C10H11N2.C6H5NO2.5Ir/c1-3-7-14(8-4-1)13-18-12-11-17-16(18)15-9-5-2-6-10-15;16-11-6-7-13(14(17)10-11)15-18-8-9-19(15)12-4-2-1-3-5-12;1-3-7-13(8-4-1)15-16-11-12-17(15)14-9-5-2-6-10-14;1-14-5-4-13-10(14)8-3-2-7(11)6-9(8)12;1-12-8-7-11-10(12)9-5-3-2-4-6-9;8-6(9)5-3-1-2-4-7-5;;;;;/h1-9H,11-13H2;1-6,8-10H;1-7,9-10H,11-12H2;2,6H,4-5H2,1H3;2-5H,7-8H2,1H3;1-4H,(H,8,9);;;;;/q5*-1;;;;;;. The molecule has 14 rings (SSSR count). The van der Waals surface area contributed by atoms with E-state index < -0.39 is 29.2 Å². The van der Waals surface area contributed by atoms with Crippen molar-refractivity contribution in [3.63, 3.8) is 0 Å². The molecule has 22 heteroatoms. The molecule has 4 aliphatic rings. The monoisotopic (exact) mass is 2150 g/mol. The first-order chi connectivity index (χ1) is 43.5. The third-order valence-corrected chi connectivity index (χ3v) is 13.7. The van der Waals surface area contributed by atoms with E-state index in [-0.39, 0.29) is 117 Å². The van der Waals surface area contributed by atoms with Crippen LogP contribution in [-0.2, 0) is 107 Å². The molecule has 6 heterocycles. The number of imidazole rings is 1. The van der Waals surface area contributed by atoms with Gasteiger partial charge in [-0.2, -0.15) is 0 Å². The van der Waals surface area contributed by atoms with E-state index in [0.29, 0.717) is 18.2 Å². The summed E-state index contributed by atoms with van der Waals surface area (Å²) in [5.41, 5.74) is 7.09. The maximum Gasteiger partial charge on any atom is 0.354 e. The van der Waals surface area contributed by atoms with Crippen LogP contribution in [0.25, 0.3) is 17.1 Å². The summed E-state index contributed by atoms with van der Waals surface area (Å²) < 4.78 is 54.3. The van der Waals surface area contributed by atoms with Crippen LogP contribution in [0.2, 0.25) is 0 Å². The minimum atomic E-state index is -0.990. The average molecular weight is 2150 g/mol. The smallest absolute Gasteiger partial charge is 0.354 e. The number of carboxylic acids is 1. The first kappa shape index (κ1) is 78.9. The number of amidine groups is 4. The van der Waals surface area contributed by atoms with Crippen molar-refractivity contribution in [2.24, 2.45) is 20.0 Å². The molecule has 0 fully saturated rings. The van der Waals surface area contributed by atoms with E-state index in [2.05, 4.69) is 143 Å². The number of anilines is 1. The number of aliphatic imine (C=N–C) groups is 4. The number of pyridine rings is 1. The van der Waals surface area contributed by atoms with Crippen LogP contribution in [0.1, 0.15) is 38.3 Å². The Hall–Kier alpha value is -7.56. The van der Waals surface area contributed by atoms with Gasteiger partial charge in [0.2, 0.25) is 0 Å². The number of rotatable bonds is 10. The summed E-state index contributed by atoms with van der Waals surface area (Å²) in [6.45, 7) is 7.94. The summed E-state index contributed by atoms with van der Waals surface area (Å²) >= 11 is 0. The zero-order valence-corrected chi connectivity index (χ0v) is 62.7. The van der Waals surface area contributed by atoms with Crippen LogP contribution in [-0.4, -0.2) is 130 Å². The molecule has 10 aromatic rings. The Labute approximate surface area is 613 Å². The second-order valence-electron chi connectivity index (χ2n) is 19.9. The van der Waals surface area contributed by atoms with E-state index in [1.54, 1.807) is 29.1 Å². The zero-order valence-electron chi connectivity index (χ0n) is 50.7. The summed E-state index contributed by atoms with van der Waals surface area (Å²) in [5, 5.41) is 8.32. The molecular formula is C72H62F4Ir5N11O2-5. The van der Waals surface area contributed by atoms with Crippen molar-refractivity contribution in [2.45, 2.75) is 6.54 Å². The Bertz CT molecular complexity index is 3980. The molecule has 94 heavy (non-hydrogen) atoms. The van der Waals surface area contributed by atoms with Crippen LogP contribution in [0.3, 0.4) is 0 Å². The normalized spacial score (nSPS) is 13.0. The molecule has 0 aliphatic carbocycles. The molecule has 13 nitrogen and oxygen atoms in total. The fourth-order valence-corrected chi connectivity index (χ4v) is 9.46. The molecule has 495 valence electrons. The number of nitrogens with zero attached hydrogens (tertiary/aromatic N) is 11. The van der Waals surface area contributed by atoms with Crippen molar-refractivity contribution in [2.75, 3.05) is 71.4 Å². The summed E-state index contributed by atoms with van der Waals surface area (Å²) in [6, 6.07) is 77.7. The number of likely N-dealkylation sites (N-methyl/N-ethyl adjacent to an activating group) is 2. The van der Waals surface area contributed by atoms with Crippen LogP contribution in [0.4, 0.5) is 23.2 Å². The molecule has 5 radical (unpaired) electrons. The van der Waals surface area contributed by atoms with Gasteiger partial charge in [0.05, 0.1) is 11.7 Å². The minimum absolute atomic E-state index is 0. The SMILES string of the molecule is CN1CCN=C1c1[c-]cc(F)cc1F.CN1CCN=C1c1[c-]cccc1.Fc1c[c-]c(-c2nccn2-c2ccccc2)c(F)c1.O=C(O)c1ccccn1.[Ir].[Ir].[Ir].[Ir].[Ir].[c-]1ccccc1C1=NCCN1Cc1ccccc1.[c-]1ccccc1C1=NCCN1c1ccccc1. The van der Waals surface area contributed by atoms with Crippen LogP contribution in [0, 0.1) is 53.6 Å². The third kappa shape index (κ3) is 22.8. The van der Waals surface area contributed by atoms with Crippen molar-refractivity contribution >= 4 is 35.0 Å². The van der Waals surface area contributed by atoms with Crippen molar-refractivity contribution in [1.82, 2.24) is 29.2 Å². The van der Waals surface area contributed by atoms with Gasteiger partial charge in [-0.05, 0) is 56.1 Å². The van der Waals surface area contributed by atoms with E-state index in [9.17, 15) is 22.4 Å². The van der Waals surface area contributed by atoms with E-state index in [1.165, 1.54) is 23.5 Å². The van der Waals surface area contributed by atoms with Gasteiger partial charge in [0.15, 0.2) is 0 Å². The summed E-state index contributed by atoms with van der Waals surface area (Å²) in [5.74, 6) is 0.543.